The standard InChI is InChI=1S/C23H23ClN4O2S/c24-16-2-5-17(6-3-16)25-23(30)26-18-4-1-15-11-21(31-20(15)12-18)22(29)27-19-13-28-9-7-14(19)8-10-28/h1-6,11-12,14,19H,7-10,13H2,(H,27,29)(H2,25,26,30). The molecule has 6 rings (SSSR count). The molecular formula is C23H23ClN4O2S. The van der Waals surface area contributed by atoms with Crippen molar-refractivity contribution in [3.63, 3.8) is 0 Å². The van der Waals surface area contributed by atoms with E-state index in [1.54, 1.807) is 24.3 Å². The van der Waals surface area contributed by atoms with Crippen LogP contribution in [0.2, 0.25) is 5.02 Å². The van der Waals surface area contributed by atoms with Gasteiger partial charge < -0.3 is 20.9 Å². The molecule has 0 radical (unpaired) electrons. The smallest absolute Gasteiger partial charge is 0.323 e. The number of carbonyl (C=O) groups excluding carboxylic acids is 2. The maximum Gasteiger partial charge on any atom is 0.323 e. The van der Waals surface area contributed by atoms with E-state index < -0.39 is 0 Å². The Morgan fingerprint density at radius 3 is 2.39 bits per heavy atom. The van der Waals surface area contributed by atoms with Gasteiger partial charge in [0, 0.05) is 33.7 Å². The number of carbonyl (C=O) groups is 2. The SMILES string of the molecule is O=C(Nc1ccc(Cl)cc1)Nc1ccc2cc(C(=O)NC3CN4CCC3CC4)sc2c1. The first-order valence-electron chi connectivity index (χ1n) is 10.4. The van der Waals surface area contributed by atoms with Crippen LogP contribution in [0.15, 0.2) is 48.5 Å². The predicted octanol–water partition coefficient (Wildman–Crippen LogP) is 5.02. The molecule has 2 aromatic carbocycles. The lowest BCUT2D eigenvalue weighted by Gasteiger charge is -2.44. The molecule has 0 saturated carbocycles. The Bertz CT molecular complexity index is 1120. The Hall–Kier alpha value is -2.61. The fourth-order valence-corrected chi connectivity index (χ4v) is 5.55. The molecule has 1 atom stereocenters. The topological polar surface area (TPSA) is 73.5 Å². The van der Waals surface area contributed by atoms with Gasteiger partial charge in [0.25, 0.3) is 5.91 Å². The average Bonchev–Trinajstić information content (AvgIpc) is 3.20. The van der Waals surface area contributed by atoms with Crippen LogP contribution in [0.25, 0.3) is 10.1 Å². The Labute approximate surface area is 189 Å². The molecule has 31 heavy (non-hydrogen) atoms. The monoisotopic (exact) mass is 454 g/mol. The third-order valence-corrected chi connectivity index (χ3v) is 7.43. The van der Waals surface area contributed by atoms with Crippen LogP contribution in [0, 0.1) is 5.92 Å². The van der Waals surface area contributed by atoms with Gasteiger partial charge in [-0.15, -0.1) is 11.3 Å². The van der Waals surface area contributed by atoms with Crippen LogP contribution >= 0.6 is 22.9 Å². The van der Waals surface area contributed by atoms with E-state index in [1.807, 2.05) is 24.3 Å². The Kier molecular flexibility index (Phi) is 5.56. The predicted molar refractivity (Wildman–Crippen MR) is 126 cm³/mol. The molecule has 4 heterocycles. The molecule has 1 aromatic heterocycles. The number of hydrogen-bond acceptors (Lipinski definition) is 4. The zero-order chi connectivity index (χ0) is 21.4. The molecule has 3 amide bonds. The molecule has 0 aliphatic carbocycles. The van der Waals surface area contributed by atoms with Crippen LogP contribution in [-0.2, 0) is 0 Å². The molecule has 6 nitrogen and oxygen atoms in total. The highest BCUT2D eigenvalue weighted by Gasteiger charge is 2.35. The lowest BCUT2D eigenvalue weighted by atomic mass is 9.84. The van der Waals surface area contributed by atoms with Crippen LogP contribution in [0.3, 0.4) is 0 Å². The Morgan fingerprint density at radius 1 is 0.968 bits per heavy atom. The molecule has 3 aliphatic rings. The van der Waals surface area contributed by atoms with Gasteiger partial charge in [0.05, 0.1) is 4.88 Å². The largest absolute Gasteiger partial charge is 0.347 e. The molecule has 3 aromatic rings. The minimum atomic E-state index is -0.335. The number of hydrogen-bond donors (Lipinski definition) is 3. The van der Waals surface area contributed by atoms with Crippen molar-refractivity contribution in [3.05, 3.63) is 58.4 Å². The van der Waals surface area contributed by atoms with Crippen LogP contribution in [0.4, 0.5) is 16.2 Å². The minimum Gasteiger partial charge on any atom is -0.347 e. The van der Waals surface area contributed by atoms with Gasteiger partial charge in [-0.2, -0.15) is 0 Å². The van der Waals surface area contributed by atoms with Gasteiger partial charge in [0.2, 0.25) is 0 Å². The zero-order valence-electron chi connectivity index (χ0n) is 16.9. The van der Waals surface area contributed by atoms with E-state index in [4.69, 9.17) is 11.6 Å². The van der Waals surface area contributed by atoms with Gasteiger partial charge in [-0.1, -0.05) is 17.7 Å². The summed E-state index contributed by atoms with van der Waals surface area (Å²) in [6.07, 6.45) is 2.34. The number of anilines is 2. The number of nitrogens with one attached hydrogen (secondary N) is 3. The molecule has 3 aliphatic heterocycles. The summed E-state index contributed by atoms with van der Waals surface area (Å²) in [5.41, 5.74) is 1.33. The van der Waals surface area contributed by atoms with Crippen molar-refractivity contribution in [2.75, 3.05) is 30.3 Å². The van der Waals surface area contributed by atoms with E-state index in [0.29, 0.717) is 27.2 Å². The van der Waals surface area contributed by atoms with Gasteiger partial charge in [0.15, 0.2) is 0 Å². The molecule has 3 N–H and O–H groups in total. The number of nitrogens with zero attached hydrogens (tertiary/aromatic N) is 1. The number of halogens is 1. The number of benzene rings is 2. The first-order chi connectivity index (χ1) is 15.0. The summed E-state index contributed by atoms with van der Waals surface area (Å²) < 4.78 is 0.961. The second-order valence-corrected chi connectivity index (χ2v) is 9.69. The highest BCUT2D eigenvalue weighted by molar-refractivity contribution is 7.20. The first kappa shape index (κ1) is 20.3. The third kappa shape index (κ3) is 4.54. The first-order valence-corrected chi connectivity index (χ1v) is 11.6. The maximum atomic E-state index is 12.8. The molecule has 8 heteroatoms. The normalized spacial score (nSPS) is 22.3. The van der Waals surface area contributed by atoms with Gasteiger partial charge in [-0.3, -0.25) is 4.79 Å². The quantitative estimate of drug-likeness (QED) is 0.518. The van der Waals surface area contributed by atoms with E-state index in [1.165, 1.54) is 24.2 Å². The summed E-state index contributed by atoms with van der Waals surface area (Å²) >= 11 is 7.32. The van der Waals surface area contributed by atoms with Crippen LogP contribution in [0.1, 0.15) is 22.5 Å². The molecule has 3 saturated heterocycles. The summed E-state index contributed by atoms with van der Waals surface area (Å²) in [4.78, 5) is 28.3. The van der Waals surface area contributed by atoms with Crippen molar-refractivity contribution in [3.8, 4) is 0 Å². The van der Waals surface area contributed by atoms with E-state index in [-0.39, 0.29) is 18.0 Å². The summed E-state index contributed by atoms with van der Waals surface area (Å²) in [5, 5.41) is 10.5. The van der Waals surface area contributed by atoms with Crippen molar-refractivity contribution >= 4 is 56.3 Å². The van der Waals surface area contributed by atoms with Crippen LogP contribution < -0.4 is 16.0 Å². The number of amides is 3. The van der Waals surface area contributed by atoms with Crippen molar-refractivity contribution in [2.24, 2.45) is 5.92 Å². The van der Waals surface area contributed by atoms with E-state index >= 15 is 0 Å². The lowest BCUT2D eigenvalue weighted by Crippen LogP contribution is -2.57. The molecule has 0 spiro atoms. The number of rotatable bonds is 4. The van der Waals surface area contributed by atoms with Crippen molar-refractivity contribution < 1.29 is 9.59 Å². The second-order valence-electron chi connectivity index (χ2n) is 8.17. The van der Waals surface area contributed by atoms with Crippen LogP contribution in [0.5, 0.6) is 0 Å². The van der Waals surface area contributed by atoms with Gasteiger partial charge in [-0.05, 0) is 79.7 Å². The molecule has 1 unspecified atom stereocenters. The Morgan fingerprint density at radius 2 is 1.68 bits per heavy atom. The summed E-state index contributed by atoms with van der Waals surface area (Å²) in [6.45, 7) is 3.26. The Balaban J connectivity index is 1.24. The highest BCUT2D eigenvalue weighted by Crippen LogP contribution is 2.30. The number of urea groups is 1. The van der Waals surface area contributed by atoms with E-state index in [0.717, 1.165) is 29.7 Å². The van der Waals surface area contributed by atoms with Gasteiger partial charge in [-0.25, -0.2) is 4.79 Å². The number of fused-ring (bicyclic) bond motifs is 4. The highest BCUT2D eigenvalue weighted by atomic mass is 35.5. The molecular weight excluding hydrogens is 432 g/mol. The average molecular weight is 455 g/mol. The van der Waals surface area contributed by atoms with E-state index in [2.05, 4.69) is 20.9 Å². The van der Waals surface area contributed by atoms with Crippen molar-refractivity contribution in [2.45, 2.75) is 18.9 Å². The summed E-state index contributed by atoms with van der Waals surface area (Å²) in [7, 11) is 0. The van der Waals surface area contributed by atoms with Crippen molar-refractivity contribution in [1.82, 2.24) is 10.2 Å². The fourth-order valence-electron chi connectivity index (χ4n) is 4.42. The van der Waals surface area contributed by atoms with Crippen molar-refractivity contribution in [1.29, 1.82) is 0 Å². The molecule has 3 fully saturated rings. The summed E-state index contributed by atoms with van der Waals surface area (Å²) in [6, 6.07) is 14.4. The summed E-state index contributed by atoms with van der Waals surface area (Å²) in [5.74, 6) is 0.591. The lowest BCUT2D eigenvalue weighted by molar-refractivity contribution is 0.0622. The third-order valence-electron chi connectivity index (χ3n) is 6.08. The zero-order valence-corrected chi connectivity index (χ0v) is 18.4. The van der Waals surface area contributed by atoms with Gasteiger partial charge in [0.1, 0.15) is 0 Å². The molecule has 160 valence electrons. The maximum absolute atomic E-state index is 12.8. The number of thiophene rings is 1. The van der Waals surface area contributed by atoms with Gasteiger partial charge >= 0.3 is 6.03 Å². The minimum absolute atomic E-state index is 0.00468. The second kappa shape index (κ2) is 8.49. The number of piperidine rings is 3. The molecule has 2 bridgehead atoms. The fraction of sp³-hybridized carbons (Fsp3) is 0.304. The van der Waals surface area contributed by atoms with Crippen LogP contribution in [-0.4, -0.2) is 42.5 Å². The van der Waals surface area contributed by atoms with E-state index in [9.17, 15) is 9.59 Å².